The van der Waals surface area contributed by atoms with E-state index in [0.29, 0.717) is 11.4 Å². The first-order valence-corrected chi connectivity index (χ1v) is 12.9. The standard InChI is InChI=1S/C27H31N3O5S/c1-20-10-12-23(13-11-20)30(36(33,34)25-16-14-24(35-4)15-17-25)19-26(31)29(21(2)27(32)28-3)18-22-8-6-5-7-9-22/h5-17,21H,18-19H2,1-4H3,(H,28,32)/t21-/m1/s1. The van der Waals surface area contributed by atoms with Crippen molar-refractivity contribution in [2.75, 3.05) is 25.0 Å². The third-order valence-electron chi connectivity index (χ3n) is 5.86. The van der Waals surface area contributed by atoms with Crippen molar-refractivity contribution in [3.05, 3.63) is 90.0 Å². The summed E-state index contributed by atoms with van der Waals surface area (Å²) in [7, 11) is -1.12. The second kappa shape index (κ2) is 11.7. The zero-order valence-corrected chi connectivity index (χ0v) is 21.7. The lowest BCUT2D eigenvalue weighted by molar-refractivity contribution is -0.139. The Morgan fingerprint density at radius 3 is 2.11 bits per heavy atom. The molecule has 0 bridgehead atoms. The van der Waals surface area contributed by atoms with Crippen molar-refractivity contribution >= 4 is 27.5 Å². The first-order valence-electron chi connectivity index (χ1n) is 11.5. The van der Waals surface area contributed by atoms with Crippen LogP contribution in [0.4, 0.5) is 5.69 Å². The van der Waals surface area contributed by atoms with Gasteiger partial charge in [-0.25, -0.2) is 8.42 Å². The molecule has 0 saturated carbocycles. The molecule has 3 rings (SSSR count). The molecule has 9 heteroatoms. The van der Waals surface area contributed by atoms with Crippen LogP contribution in [0.5, 0.6) is 5.75 Å². The van der Waals surface area contributed by atoms with E-state index in [0.717, 1.165) is 15.4 Å². The van der Waals surface area contributed by atoms with E-state index in [1.54, 1.807) is 43.3 Å². The first kappa shape index (κ1) is 26.7. The Balaban J connectivity index is 2.01. The number of amides is 2. The summed E-state index contributed by atoms with van der Waals surface area (Å²) in [5.74, 6) is -0.341. The maximum Gasteiger partial charge on any atom is 0.264 e. The van der Waals surface area contributed by atoms with Crippen molar-refractivity contribution in [2.24, 2.45) is 0 Å². The molecule has 0 heterocycles. The van der Waals surface area contributed by atoms with Crippen molar-refractivity contribution in [1.82, 2.24) is 10.2 Å². The summed E-state index contributed by atoms with van der Waals surface area (Å²) >= 11 is 0. The zero-order chi connectivity index (χ0) is 26.3. The average molecular weight is 510 g/mol. The minimum Gasteiger partial charge on any atom is -0.497 e. The number of rotatable bonds is 10. The van der Waals surface area contributed by atoms with Gasteiger partial charge in [-0.15, -0.1) is 0 Å². The van der Waals surface area contributed by atoms with Crippen LogP contribution in [0.15, 0.2) is 83.8 Å². The van der Waals surface area contributed by atoms with Gasteiger partial charge >= 0.3 is 0 Å². The number of methoxy groups -OCH3 is 1. The second-order valence-corrected chi connectivity index (χ2v) is 10.2. The molecule has 3 aromatic carbocycles. The number of carbonyl (C=O) groups excluding carboxylic acids is 2. The van der Waals surface area contributed by atoms with Crippen LogP contribution in [0.25, 0.3) is 0 Å². The minimum atomic E-state index is -4.12. The first-order chi connectivity index (χ1) is 17.2. The van der Waals surface area contributed by atoms with E-state index in [2.05, 4.69) is 5.32 Å². The van der Waals surface area contributed by atoms with Crippen LogP contribution in [-0.2, 0) is 26.2 Å². The fraction of sp³-hybridized carbons (Fsp3) is 0.259. The topological polar surface area (TPSA) is 96.0 Å². The highest BCUT2D eigenvalue weighted by Crippen LogP contribution is 2.26. The van der Waals surface area contributed by atoms with E-state index in [4.69, 9.17) is 4.74 Å². The summed E-state index contributed by atoms with van der Waals surface area (Å²) in [6.07, 6.45) is 0. The fourth-order valence-electron chi connectivity index (χ4n) is 3.69. The van der Waals surface area contributed by atoms with Crippen molar-refractivity contribution < 1.29 is 22.7 Å². The molecule has 0 saturated heterocycles. The lowest BCUT2D eigenvalue weighted by Gasteiger charge is -2.31. The predicted molar refractivity (Wildman–Crippen MR) is 139 cm³/mol. The number of ether oxygens (including phenoxy) is 1. The van der Waals surface area contributed by atoms with Crippen LogP contribution >= 0.6 is 0 Å². The van der Waals surface area contributed by atoms with Crippen LogP contribution in [0.3, 0.4) is 0 Å². The van der Waals surface area contributed by atoms with Crippen LogP contribution in [0.1, 0.15) is 18.1 Å². The summed E-state index contributed by atoms with van der Waals surface area (Å²) < 4.78 is 33.7. The molecule has 0 aliphatic heterocycles. The number of aryl methyl sites for hydroxylation is 1. The third kappa shape index (κ3) is 6.23. The molecule has 0 radical (unpaired) electrons. The van der Waals surface area contributed by atoms with Crippen LogP contribution in [0.2, 0.25) is 0 Å². The molecule has 1 N–H and O–H groups in total. The number of likely N-dealkylation sites (N-methyl/N-ethyl adjacent to an activating group) is 1. The zero-order valence-electron chi connectivity index (χ0n) is 20.8. The van der Waals surface area contributed by atoms with Crippen molar-refractivity contribution in [2.45, 2.75) is 31.3 Å². The van der Waals surface area contributed by atoms with Gasteiger partial charge < -0.3 is 15.0 Å². The Hall–Kier alpha value is -3.85. The largest absolute Gasteiger partial charge is 0.497 e. The number of hydrogen-bond donors (Lipinski definition) is 1. The number of nitrogens with zero attached hydrogens (tertiary/aromatic N) is 2. The van der Waals surface area contributed by atoms with E-state index in [-0.39, 0.29) is 17.3 Å². The number of nitrogens with one attached hydrogen (secondary N) is 1. The van der Waals surface area contributed by atoms with Gasteiger partial charge in [-0.3, -0.25) is 13.9 Å². The maximum absolute atomic E-state index is 13.7. The summed E-state index contributed by atoms with van der Waals surface area (Å²) in [4.78, 5) is 27.5. The van der Waals surface area contributed by atoms with Crippen LogP contribution in [-0.4, -0.2) is 51.9 Å². The second-order valence-electron chi connectivity index (χ2n) is 8.32. The van der Waals surface area contributed by atoms with Crippen molar-refractivity contribution in [1.29, 1.82) is 0 Å². The van der Waals surface area contributed by atoms with E-state index >= 15 is 0 Å². The highest BCUT2D eigenvalue weighted by molar-refractivity contribution is 7.92. The van der Waals surface area contributed by atoms with Gasteiger partial charge in [0, 0.05) is 13.6 Å². The molecule has 0 aromatic heterocycles. The smallest absolute Gasteiger partial charge is 0.264 e. The van der Waals surface area contributed by atoms with E-state index < -0.39 is 28.5 Å². The van der Waals surface area contributed by atoms with E-state index in [1.165, 1.54) is 31.2 Å². The van der Waals surface area contributed by atoms with E-state index in [1.807, 2.05) is 37.3 Å². The maximum atomic E-state index is 13.7. The molecule has 36 heavy (non-hydrogen) atoms. The Labute approximate surface area is 212 Å². The average Bonchev–Trinajstić information content (AvgIpc) is 2.90. The monoisotopic (exact) mass is 509 g/mol. The molecule has 3 aromatic rings. The number of benzene rings is 3. The summed E-state index contributed by atoms with van der Waals surface area (Å²) in [6, 6.07) is 21.3. The highest BCUT2D eigenvalue weighted by Gasteiger charge is 2.32. The van der Waals surface area contributed by atoms with Gasteiger partial charge in [0.1, 0.15) is 18.3 Å². The number of sulfonamides is 1. The number of anilines is 1. The molecule has 0 fully saturated rings. The Morgan fingerprint density at radius 1 is 0.944 bits per heavy atom. The molecular formula is C27H31N3O5S. The summed E-state index contributed by atoms with van der Waals surface area (Å²) in [6.45, 7) is 3.18. The summed E-state index contributed by atoms with van der Waals surface area (Å²) in [5, 5.41) is 2.57. The highest BCUT2D eigenvalue weighted by atomic mass is 32.2. The number of carbonyl (C=O) groups is 2. The minimum absolute atomic E-state index is 0.0191. The Kier molecular flexibility index (Phi) is 8.71. The van der Waals surface area contributed by atoms with Crippen LogP contribution in [0, 0.1) is 6.92 Å². The molecule has 0 unspecified atom stereocenters. The van der Waals surface area contributed by atoms with Gasteiger partial charge in [0.25, 0.3) is 10.0 Å². The normalized spacial score (nSPS) is 11.9. The lowest BCUT2D eigenvalue weighted by Crippen LogP contribution is -2.50. The van der Waals surface area contributed by atoms with Gasteiger partial charge in [-0.05, 0) is 55.8 Å². The van der Waals surface area contributed by atoms with Crippen molar-refractivity contribution in [3.8, 4) is 5.75 Å². The SMILES string of the molecule is CNC(=O)[C@@H](C)N(Cc1ccccc1)C(=O)CN(c1ccc(C)cc1)S(=O)(=O)c1ccc(OC)cc1. The summed E-state index contributed by atoms with van der Waals surface area (Å²) in [5.41, 5.74) is 2.12. The fourth-order valence-corrected chi connectivity index (χ4v) is 5.10. The van der Waals surface area contributed by atoms with Gasteiger partial charge in [0.15, 0.2) is 0 Å². The third-order valence-corrected chi connectivity index (χ3v) is 7.65. The van der Waals surface area contributed by atoms with Crippen LogP contribution < -0.4 is 14.4 Å². The molecule has 0 aliphatic rings. The molecule has 1 atom stereocenters. The molecule has 8 nitrogen and oxygen atoms in total. The predicted octanol–water partition coefficient (Wildman–Crippen LogP) is 3.36. The van der Waals surface area contributed by atoms with Gasteiger partial charge in [-0.2, -0.15) is 0 Å². The lowest BCUT2D eigenvalue weighted by atomic mass is 10.1. The van der Waals surface area contributed by atoms with Gasteiger partial charge in [-0.1, -0.05) is 48.0 Å². The van der Waals surface area contributed by atoms with Gasteiger partial charge in [0.05, 0.1) is 17.7 Å². The van der Waals surface area contributed by atoms with Gasteiger partial charge in [0.2, 0.25) is 11.8 Å². The number of hydrogen-bond acceptors (Lipinski definition) is 5. The molecule has 2 amide bonds. The molecule has 190 valence electrons. The quantitative estimate of drug-likeness (QED) is 0.452. The molecule has 0 aliphatic carbocycles. The molecule has 0 spiro atoms. The Morgan fingerprint density at radius 2 is 1.56 bits per heavy atom. The Bertz CT molecular complexity index is 1280. The van der Waals surface area contributed by atoms with E-state index in [9.17, 15) is 18.0 Å². The van der Waals surface area contributed by atoms with Crippen molar-refractivity contribution in [3.63, 3.8) is 0 Å². The molecular weight excluding hydrogens is 478 g/mol.